The summed E-state index contributed by atoms with van der Waals surface area (Å²) >= 11 is 0. The SMILES string of the molecule is CCC(NCC(=O)NCCC(C)C)c1ccccc1. The molecule has 2 N–H and O–H groups in total. The predicted octanol–water partition coefficient (Wildman–Crippen LogP) is 2.89. The second-order valence-corrected chi connectivity index (χ2v) is 5.28. The van der Waals surface area contributed by atoms with Crippen LogP contribution in [0.4, 0.5) is 0 Å². The van der Waals surface area contributed by atoms with E-state index in [1.165, 1.54) is 5.56 Å². The number of carbonyl (C=O) groups is 1. The molecule has 3 heteroatoms. The smallest absolute Gasteiger partial charge is 0.233 e. The molecule has 0 fully saturated rings. The maximum absolute atomic E-state index is 11.7. The normalized spacial score (nSPS) is 12.4. The van der Waals surface area contributed by atoms with Crippen LogP contribution in [0.1, 0.15) is 45.2 Å². The van der Waals surface area contributed by atoms with Gasteiger partial charge in [-0.05, 0) is 24.3 Å². The molecule has 1 unspecified atom stereocenters. The third kappa shape index (κ3) is 6.39. The predicted molar refractivity (Wildman–Crippen MR) is 79.9 cm³/mol. The molecule has 106 valence electrons. The Morgan fingerprint density at radius 1 is 1.21 bits per heavy atom. The molecular weight excluding hydrogens is 236 g/mol. The van der Waals surface area contributed by atoms with E-state index in [0.717, 1.165) is 19.4 Å². The van der Waals surface area contributed by atoms with E-state index in [2.05, 4.69) is 43.5 Å². The minimum Gasteiger partial charge on any atom is -0.355 e. The van der Waals surface area contributed by atoms with Crippen molar-refractivity contribution in [3.63, 3.8) is 0 Å². The maximum Gasteiger partial charge on any atom is 0.233 e. The van der Waals surface area contributed by atoms with Crippen molar-refractivity contribution in [2.24, 2.45) is 5.92 Å². The van der Waals surface area contributed by atoms with Crippen molar-refractivity contribution in [2.45, 2.75) is 39.7 Å². The van der Waals surface area contributed by atoms with Crippen molar-refractivity contribution in [1.29, 1.82) is 0 Å². The molecule has 0 bridgehead atoms. The fourth-order valence-electron chi connectivity index (χ4n) is 1.96. The van der Waals surface area contributed by atoms with Gasteiger partial charge in [0.2, 0.25) is 5.91 Å². The zero-order chi connectivity index (χ0) is 14.1. The second-order valence-electron chi connectivity index (χ2n) is 5.28. The van der Waals surface area contributed by atoms with Crippen LogP contribution in [0, 0.1) is 5.92 Å². The summed E-state index contributed by atoms with van der Waals surface area (Å²) in [6, 6.07) is 10.5. The average Bonchev–Trinajstić information content (AvgIpc) is 2.40. The summed E-state index contributed by atoms with van der Waals surface area (Å²) in [5.41, 5.74) is 1.24. The van der Waals surface area contributed by atoms with Crippen molar-refractivity contribution >= 4 is 5.91 Å². The van der Waals surface area contributed by atoms with Crippen LogP contribution >= 0.6 is 0 Å². The van der Waals surface area contributed by atoms with E-state index in [9.17, 15) is 4.79 Å². The van der Waals surface area contributed by atoms with Crippen LogP contribution in [0.3, 0.4) is 0 Å². The Morgan fingerprint density at radius 2 is 1.89 bits per heavy atom. The Balaban J connectivity index is 2.31. The molecule has 0 aliphatic carbocycles. The molecule has 0 aliphatic heterocycles. The van der Waals surface area contributed by atoms with Gasteiger partial charge < -0.3 is 10.6 Å². The van der Waals surface area contributed by atoms with Crippen molar-refractivity contribution in [2.75, 3.05) is 13.1 Å². The van der Waals surface area contributed by atoms with Crippen LogP contribution in [-0.2, 0) is 4.79 Å². The van der Waals surface area contributed by atoms with Gasteiger partial charge in [-0.3, -0.25) is 4.79 Å². The molecule has 3 nitrogen and oxygen atoms in total. The van der Waals surface area contributed by atoms with E-state index in [1.807, 2.05) is 18.2 Å². The number of hydrogen-bond acceptors (Lipinski definition) is 2. The fraction of sp³-hybridized carbons (Fsp3) is 0.562. The van der Waals surface area contributed by atoms with Gasteiger partial charge in [0.15, 0.2) is 0 Å². The van der Waals surface area contributed by atoms with E-state index in [0.29, 0.717) is 12.5 Å². The average molecular weight is 262 g/mol. The summed E-state index contributed by atoms with van der Waals surface area (Å²) in [5.74, 6) is 0.705. The number of nitrogens with one attached hydrogen (secondary N) is 2. The molecule has 19 heavy (non-hydrogen) atoms. The summed E-state index contributed by atoms with van der Waals surface area (Å²) in [6.45, 7) is 7.59. The molecule has 0 radical (unpaired) electrons. The van der Waals surface area contributed by atoms with Gasteiger partial charge in [-0.1, -0.05) is 51.1 Å². The van der Waals surface area contributed by atoms with Gasteiger partial charge in [-0.15, -0.1) is 0 Å². The number of benzene rings is 1. The molecule has 1 aromatic carbocycles. The minimum absolute atomic E-state index is 0.0787. The quantitative estimate of drug-likeness (QED) is 0.756. The lowest BCUT2D eigenvalue weighted by Gasteiger charge is -2.17. The van der Waals surface area contributed by atoms with Crippen LogP contribution < -0.4 is 10.6 Å². The van der Waals surface area contributed by atoms with Crippen molar-refractivity contribution in [3.05, 3.63) is 35.9 Å². The molecule has 1 rings (SSSR count). The summed E-state index contributed by atoms with van der Waals surface area (Å²) in [4.78, 5) is 11.7. The highest BCUT2D eigenvalue weighted by atomic mass is 16.1. The van der Waals surface area contributed by atoms with Crippen LogP contribution in [0.15, 0.2) is 30.3 Å². The van der Waals surface area contributed by atoms with Gasteiger partial charge in [0.05, 0.1) is 6.54 Å². The van der Waals surface area contributed by atoms with Gasteiger partial charge in [0.25, 0.3) is 0 Å². The van der Waals surface area contributed by atoms with Gasteiger partial charge in [-0.25, -0.2) is 0 Å². The monoisotopic (exact) mass is 262 g/mol. The maximum atomic E-state index is 11.7. The third-order valence-electron chi connectivity index (χ3n) is 3.16. The number of rotatable bonds is 8. The summed E-state index contributed by atoms with van der Waals surface area (Å²) in [7, 11) is 0. The Kier molecular flexibility index (Phi) is 7.19. The van der Waals surface area contributed by atoms with E-state index in [4.69, 9.17) is 0 Å². The van der Waals surface area contributed by atoms with Crippen molar-refractivity contribution in [1.82, 2.24) is 10.6 Å². The summed E-state index contributed by atoms with van der Waals surface area (Å²) in [5, 5.41) is 6.26. The number of carbonyl (C=O) groups excluding carboxylic acids is 1. The minimum atomic E-state index is 0.0787. The van der Waals surface area contributed by atoms with E-state index < -0.39 is 0 Å². The van der Waals surface area contributed by atoms with Crippen LogP contribution in [0.2, 0.25) is 0 Å². The molecule has 1 aromatic rings. The molecule has 0 heterocycles. The summed E-state index contributed by atoms with van der Waals surface area (Å²) < 4.78 is 0. The highest BCUT2D eigenvalue weighted by Crippen LogP contribution is 2.15. The highest BCUT2D eigenvalue weighted by molar-refractivity contribution is 5.78. The largest absolute Gasteiger partial charge is 0.355 e. The molecule has 0 aromatic heterocycles. The first-order valence-corrected chi connectivity index (χ1v) is 7.18. The Hall–Kier alpha value is -1.35. The first kappa shape index (κ1) is 15.7. The number of hydrogen-bond donors (Lipinski definition) is 2. The highest BCUT2D eigenvalue weighted by Gasteiger charge is 2.10. The topological polar surface area (TPSA) is 41.1 Å². The van der Waals surface area contributed by atoms with Crippen LogP contribution in [-0.4, -0.2) is 19.0 Å². The van der Waals surface area contributed by atoms with E-state index in [-0.39, 0.29) is 11.9 Å². The lowest BCUT2D eigenvalue weighted by molar-refractivity contribution is -0.120. The second kappa shape index (κ2) is 8.70. The zero-order valence-electron chi connectivity index (χ0n) is 12.3. The van der Waals surface area contributed by atoms with Gasteiger partial charge in [-0.2, -0.15) is 0 Å². The molecule has 0 saturated carbocycles. The van der Waals surface area contributed by atoms with Gasteiger partial charge in [0, 0.05) is 12.6 Å². The van der Waals surface area contributed by atoms with Crippen LogP contribution in [0.5, 0.6) is 0 Å². The third-order valence-corrected chi connectivity index (χ3v) is 3.16. The molecule has 1 atom stereocenters. The molecule has 0 spiro atoms. The molecule has 1 amide bonds. The lowest BCUT2D eigenvalue weighted by Crippen LogP contribution is -2.36. The van der Waals surface area contributed by atoms with Gasteiger partial charge in [0.1, 0.15) is 0 Å². The standard InChI is InChI=1S/C16H26N2O/c1-4-15(14-8-6-5-7-9-14)18-12-16(19)17-11-10-13(2)3/h5-9,13,15,18H,4,10-12H2,1-3H3,(H,17,19). The molecule has 0 saturated heterocycles. The Morgan fingerprint density at radius 3 is 2.47 bits per heavy atom. The van der Waals surface area contributed by atoms with E-state index >= 15 is 0 Å². The van der Waals surface area contributed by atoms with E-state index in [1.54, 1.807) is 0 Å². The Bertz CT molecular complexity index is 362. The summed E-state index contributed by atoms with van der Waals surface area (Å²) in [6.07, 6.45) is 2.00. The van der Waals surface area contributed by atoms with Crippen molar-refractivity contribution < 1.29 is 4.79 Å². The number of amides is 1. The fourth-order valence-corrected chi connectivity index (χ4v) is 1.96. The first-order chi connectivity index (χ1) is 9.13. The molecule has 0 aliphatic rings. The van der Waals surface area contributed by atoms with Gasteiger partial charge >= 0.3 is 0 Å². The molecular formula is C16H26N2O. The van der Waals surface area contributed by atoms with Crippen LogP contribution in [0.25, 0.3) is 0 Å². The Labute approximate surface area is 116 Å². The van der Waals surface area contributed by atoms with Crippen molar-refractivity contribution in [3.8, 4) is 0 Å². The lowest BCUT2D eigenvalue weighted by atomic mass is 10.0. The first-order valence-electron chi connectivity index (χ1n) is 7.18. The zero-order valence-corrected chi connectivity index (χ0v) is 12.3.